The van der Waals surface area contributed by atoms with E-state index in [1.807, 2.05) is 0 Å². The van der Waals surface area contributed by atoms with Crippen molar-refractivity contribution < 1.29 is 4.79 Å². The van der Waals surface area contributed by atoms with Crippen LogP contribution in [0.5, 0.6) is 0 Å². The number of fused-ring (bicyclic) bond motifs is 2. The SMILES string of the molecule is CC1(C)C2CCC(=O)C1CC2. The lowest BCUT2D eigenvalue weighted by atomic mass is 9.67. The van der Waals surface area contributed by atoms with Gasteiger partial charge in [-0.2, -0.15) is 0 Å². The van der Waals surface area contributed by atoms with E-state index >= 15 is 0 Å². The fourth-order valence-electron chi connectivity index (χ4n) is 2.98. The maximum absolute atomic E-state index is 11.5. The molecule has 2 saturated carbocycles. The summed E-state index contributed by atoms with van der Waals surface area (Å²) in [5.74, 6) is 1.77. The summed E-state index contributed by atoms with van der Waals surface area (Å²) in [6, 6.07) is 0. The first-order valence-corrected chi connectivity index (χ1v) is 4.65. The predicted molar refractivity (Wildman–Crippen MR) is 44.2 cm³/mol. The summed E-state index contributed by atoms with van der Waals surface area (Å²) in [5, 5.41) is 0. The normalized spacial score (nSPS) is 41.1. The van der Waals surface area contributed by atoms with Crippen LogP contribution in [0.25, 0.3) is 0 Å². The van der Waals surface area contributed by atoms with Crippen molar-refractivity contribution >= 4 is 5.78 Å². The fraction of sp³-hybridized carbons (Fsp3) is 0.900. The summed E-state index contributed by atoms with van der Waals surface area (Å²) in [6.45, 7) is 4.54. The molecule has 0 saturated heterocycles. The molecule has 0 amide bonds. The van der Waals surface area contributed by atoms with Crippen molar-refractivity contribution in [2.24, 2.45) is 17.3 Å². The third-order valence-corrected chi connectivity index (χ3v) is 3.88. The predicted octanol–water partition coefficient (Wildman–Crippen LogP) is 2.40. The van der Waals surface area contributed by atoms with Gasteiger partial charge in [-0.1, -0.05) is 13.8 Å². The highest BCUT2D eigenvalue weighted by molar-refractivity contribution is 5.83. The number of rotatable bonds is 0. The van der Waals surface area contributed by atoms with Gasteiger partial charge in [-0.3, -0.25) is 4.79 Å². The van der Waals surface area contributed by atoms with E-state index in [9.17, 15) is 4.79 Å². The van der Waals surface area contributed by atoms with Crippen molar-refractivity contribution in [2.75, 3.05) is 0 Å². The zero-order chi connectivity index (χ0) is 8.06. The molecule has 0 spiro atoms. The molecule has 0 radical (unpaired) electrons. The summed E-state index contributed by atoms with van der Waals surface area (Å²) >= 11 is 0. The second-order valence-corrected chi connectivity index (χ2v) is 4.65. The molecule has 0 heterocycles. The van der Waals surface area contributed by atoms with Gasteiger partial charge < -0.3 is 0 Å². The zero-order valence-corrected chi connectivity index (χ0v) is 7.39. The average Bonchev–Trinajstić information content (AvgIpc) is 2.15. The molecule has 2 unspecified atom stereocenters. The van der Waals surface area contributed by atoms with Crippen LogP contribution in [0.4, 0.5) is 0 Å². The summed E-state index contributed by atoms with van der Waals surface area (Å²) in [6.07, 6.45) is 4.47. The van der Waals surface area contributed by atoms with Gasteiger partial charge in [0.25, 0.3) is 0 Å². The minimum atomic E-state index is 0.329. The maximum atomic E-state index is 11.5. The summed E-state index contributed by atoms with van der Waals surface area (Å²) < 4.78 is 0. The number of ketones is 1. The standard InChI is InChI=1S/C10H16O/c1-10(2)7-3-5-8(10)9(11)6-4-7/h7-8H,3-6H2,1-2H3. The average molecular weight is 152 g/mol. The molecule has 2 rings (SSSR count). The second kappa shape index (κ2) is 2.09. The summed E-state index contributed by atoms with van der Waals surface area (Å²) in [7, 11) is 0. The molecular formula is C10H16O. The van der Waals surface area contributed by atoms with Crippen LogP contribution >= 0.6 is 0 Å². The molecule has 2 fully saturated rings. The lowest BCUT2D eigenvalue weighted by Gasteiger charge is -2.36. The van der Waals surface area contributed by atoms with Gasteiger partial charge in [-0.05, 0) is 30.6 Å². The van der Waals surface area contributed by atoms with Gasteiger partial charge in [0.2, 0.25) is 0 Å². The highest BCUT2D eigenvalue weighted by atomic mass is 16.1. The van der Waals surface area contributed by atoms with Crippen LogP contribution in [0.2, 0.25) is 0 Å². The topological polar surface area (TPSA) is 17.1 Å². The molecule has 0 aliphatic heterocycles. The summed E-state index contributed by atoms with van der Waals surface area (Å²) in [4.78, 5) is 11.5. The molecule has 2 bridgehead atoms. The van der Waals surface area contributed by atoms with E-state index in [4.69, 9.17) is 0 Å². The third-order valence-electron chi connectivity index (χ3n) is 3.88. The maximum Gasteiger partial charge on any atom is 0.136 e. The van der Waals surface area contributed by atoms with Gasteiger partial charge in [0.1, 0.15) is 5.78 Å². The fourth-order valence-corrected chi connectivity index (χ4v) is 2.98. The van der Waals surface area contributed by atoms with Gasteiger partial charge in [0, 0.05) is 12.3 Å². The van der Waals surface area contributed by atoms with Crippen molar-refractivity contribution in [3.05, 3.63) is 0 Å². The smallest absolute Gasteiger partial charge is 0.136 e. The Kier molecular flexibility index (Phi) is 1.39. The first-order valence-electron chi connectivity index (χ1n) is 4.65. The van der Waals surface area contributed by atoms with Crippen LogP contribution in [-0.2, 0) is 4.79 Å². The zero-order valence-electron chi connectivity index (χ0n) is 7.39. The Balaban J connectivity index is 2.31. The molecule has 0 N–H and O–H groups in total. The van der Waals surface area contributed by atoms with Gasteiger partial charge in [-0.15, -0.1) is 0 Å². The molecule has 1 heteroatoms. The van der Waals surface area contributed by atoms with Crippen LogP contribution in [0.3, 0.4) is 0 Å². The van der Waals surface area contributed by atoms with E-state index in [0.29, 0.717) is 17.1 Å². The van der Waals surface area contributed by atoms with E-state index in [-0.39, 0.29) is 0 Å². The van der Waals surface area contributed by atoms with Crippen LogP contribution < -0.4 is 0 Å². The third kappa shape index (κ3) is 0.863. The Morgan fingerprint density at radius 1 is 1.27 bits per heavy atom. The molecule has 2 atom stereocenters. The quantitative estimate of drug-likeness (QED) is 0.521. The Hall–Kier alpha value is -0.330. The summed E-state index contributed by atoms with van der Waals surface area (Å²) in [5.41, 5.74) is 0.329. The molecule has 0 aromatic heterocycles. The van der Waals surface area contributed by atoms with Crippen molar-refractivity contribution in [3.63, 3.8) is 0 Å². The first-order chi connectivity index (χ1) is 5.12. The molecular weight excluding hydrogens is 136 g/mol. The molecule has 62 valence electrons. The Morgan fingerprint density at radius 2 is 2.00 bits per heavy atom. The highest BCUT2D eigenvalue weighted by Gasteiger charge is 2.48. The Labute approximate surface area is 68.2 Å². The first kappa shape index (κ1) is 7.33. The second-order valence-electron chi connectivity index (χ2n) is 4.65. The van der Waals surface area contributed by atoms with Crippen LogP contribution in [0, 0.1) is 17.3 Å². The highest BCUT2D eigenvalue weighted by Crippen LogP contribution is 2.53. The van der Waals surface area contributed by atoms with Gasteiger partial charge >= 0.3 is 0 Å². The van der Waals surface area contributed by atoms with Crippen molar-refractivity contribution in [1.82, 2.24) is 0 Å². The van der Waals surface area contributed by atoms with Crippen LogP contribution in [0.1, 0.15) is 39.5 Å². The molecule has 1 nitrogen and oxygen atoms in total. The van der Waals surface area contributed by atoms with Gasteiger partial charge in [0.05, 0.1) is 0 Å². The van der Waals surface area contributed by atoms with Crippen LogP contribution in [0.15, 0.2) is 0 Å². The lowest BCUT2D eigenvalue weighted by molar-refractivity contribution is -0.128. The monoisotopic (exact) mass is 152 g/mol. The van der Waals surface area contributed by atoms with E-state index < -0.39 is 0 Å². The number of hydrogen-bond donors (Lipinski definition) is 0. The van der Waals surface area contributed by atoms with Crippen molar-refractivity contribution in [2.45, 2.75) is 39.5 Å². The largest absolute Gasteiger partial charge is 0.299 e. The van der Waals surface area contributed by atoms with Crippen molar-refractivity contribution in [1.29, 1.82) is 0 Å². The van der Waals surface area contributed by atoms with E-state index in [0.717, 1.165) is 25.2 Å². The van der Waals surface area contributed by atoms with Gasteiger partial charge in [0.15, 0.2) is 0 Å². The van der Waals surface area contributed by atoms with Crippen LogP contribution in [-0.4, -0.2) is 5.78 Å². The lowest BCUT2D eigenvalue weighted by Crippen LogP contribution is -2.35. The Bertz CT molecular complexity index is 193. The molecule has 2 aliphatic carbocycles. The van der Waals surface area contributed by atoms with Gasteiger partial charge in [-0.25, -0.2) is 0 Å². The Morgan fingerprint density at radius 3 is 2.64 bits per heavy atom. The molecule has 2 aliphatic rings. The number of hydrogen-bond acceptors (Lipinski definition) is 1. The van der Waals surface area contributed by atoms with E-state index in [1.165, 1.54) is 6.42 Å². The molecule has 11 heavy (non-hydrogen) atoms. The van der Waals surface area contributed by atoms with E-state index in [2.05, 4.69) is 13.8 Å². The van der Waals surface area contributed by atoms with Crippen molar-refractivity contribution in [3.8, 4) is 0 Å². The number of carbonyl (C=O) groups is 1. The number of carbonyl (C=O) groups excluding carboxylic acids is 1. The minimum absolute atomic E-state index is 0.329. The number of Topliss-reactive ketones (excluding diaryl/α,β-unsaturated/α-hetero) is 1. The molecule has 0 aromatic rings. The minimum Gasteiger partial charge on any atom is -0.299 e. The van der Waals surface area contributed by atoms with E-state index in [1.54, 1.807) is 0 Å². The molecule has 0 aromatic carbocycles.